The molecular weight excluding hydrogens is 230 g/mol. The molecule has 2 rings (SSSR count). The number of pyridine rings is 1. The lowest BCUT2D eigenvalue weighted by Gasteiger charge is -2.01. The normalized spacial score (nSPS) is 9.39. The first kappa shape index (κ1) is 11.8. The fourth-order valence-electron chi connectivity index (χ4n) is 1.27. The minimum absolute atomic E-state index is 0.294. The van der Waals surface area contributed by atoms with Gasteiger partial charge in [0.15, 0.2) is 0 Å². The van der Waals surface area contributed by atoms with Crippen LogP contribution in [-0.2, 0) is 0 Å². The van der Waals surface area contributed by atoms with Gasteiger partial charge in [-0.25, -0.2) is 4.98 Å². The monoisotopic (exact) mass is 241 g/mol. The molecule has 0 unspecified atom stereocenters. The number of hydrogen-bond acceptors (Lipinski definition) is 4. The van der Waals surface area contributed by atoms with Gasteiger partial charge in [0.1, 0.15) is 5.69 Å². The van der Waals surface area contributed by atoms with Crippen molar-refractivity contribution in [1.82, 2.24) is 15.2 Å². The van der Waals surface area contributed by atoms with Crippen molar-refractivity contribution in [2.24, 2.45) is 5.73 Å². The van der Waals surface area contributed by atoms with Crippen LogP contribution in [-0.4, -0.2) is 27.6 Å². The van der Waals surface area contributed by atoms with Gasteiger partial charge in [0.2, 0.25) is 0 Å². The number of H-pyrrole nitrogens is 1. The van der Waals surface area contributed by atoms with Crippen LogP contribution in [0.2, 0.25) is 0 Å². The van der Waals surface area contributed by atoms with Gasteiger partial charge in [0.25, 0.3) is 5.91 Å². The minimum Gasteiger partial charge on any atom is -0.320 e. The number of aromatic nitrogens is 3. The number of carbonyl (C=O) groups excluding carboxylic acids is 1. The highest BCUT2D eigenvalue weighted by molar-refractivity contribution is 6.02. The maximum Gasteiger partial charge on any atom is 0.274 e. The lowest BCUT2D eigenvalue weighted by Crippen LogP contribution is -2.13. The Hall–Kier alpha value is -2.65. The van der Waals surface area contributed by atoms with E-state index >= 15 is 0 Å². The van der Waals surface area contributed by atoms with Crippen molar-refractivity contribution in [3.05, 3.63) is 42.0 Å². The topological polar surface area (TPSA) is 96.7 Å². The van der Waals surface area contributed by atoms with Crippen molar-refractivity contribution < 1.29 is 4.79 Å². The number of rotatable bonds is 2. The fourth-order valence-corrected chi connectivity index (χ4v) is 1.27. The molecule has 2 heterocycles. The van der Waals surface area contributed by atoms with Crippen molar-refractivity contribution in [1.29, 1.82) is 0 Å². The molecular formula is C12H11N5O. The maximum atomic E-state index is 11.8. The van der Waals surface area contributed by atoms with Crippen molar-refractivity contribution in [2.75, 3.05) is 11.9 Å². The minimum atomic E-state index is -0.297. The van der Waals surface area contributed by atoms with Crippen LogP contribution in [0.1, 0.15) is 16.1 Å². The zero-order chi connectivity index (χ0) is 12.8. The number of nitrogens with one attached hydrogen (secondary N) is 2. The Bertz CT molecular complexity index is 577. The summed E-state index contributed by atoms with van der Waals surface area (Å²) in [6, 6.07) is 3.33. The number of anilines is 1. The molecule has 0 radical (unpaired) electrons. The summed E-state index contributed by atoms with van der Waals surface area (Å²) in [5.41, 5.74) is 6.89. The van der Waals surface area contributed by atoms with E-state index in [4.69, 9.17) is 5.73 Å². The molecule has 0 bridgehead atoms. The first-order chi connectivity index (χ1) is 8.79. The Labute approximate surface area is 104 Å². The molecule has 0 aliphatic carbocycles. The first-order valence-electron chi connectivity index (χ1n) is 5.24. The van der Waals surface area contributed by atoms with Crippen LogP contribution in [0.5, 0.6) is 0 Å². The molecule has 0 aromatic carbocycles. The Morgan fingerprint density at radius 3 is 2.94 bits per heavy atom. The number of nitrogens with zero attached hydrogens (tertiary/aromatic N) is 2. The van der Waals surface area contributed by atoms with Gasteiger partial charge in [0, 0.05) is 18.0 Å². The number of nitrogens with two attached hydrogens (primary N) is 1. The number of aromatic amines is 1. The summed E-state index contributed by atoms with van der Waals surface area (Å²) >= 11 is 0. The highest BCUT2D eigenvalue weighted by Crippen LogP contribution is 2.05. The van der Waals surface area contributed by atoms with E-state index in [1.807, 2.05) is 0 Å². The van der Waals surface area contributed by atoms with Crippen LogP contribution >= 0.6 is 0 Å². The Morgan fingerprint density at radius 1 is 1.44 bits per heavy atom. The lowest BCUT2D eigenvalue weighted by atomic mass is 10.2. The molecule has 0 atom stereocenters. The molecule has 0 aliphatic heterocycles. The zero-order valence-electron chi connectivity index (χ0n) is 9.47. The standard InChI is InChI=1S/C12H11N5O/c13-5-1-2-9-3-4-11(14-6-9)12(18)17-10-7-15-16-8-10/h3-4,6-8H,5,13H2,(H,15,16)(H,17,18). The number of hydrogen-bond donors (Lipinski definition) is 3. The highest BCUT2D eigenvalue weighted by atomic mass is 16.1. The molecule has 6 heteroatoms. The van der Waals surface area contributed by atoms with Crippen LogP contribution in [0, 0.1) is 11.8 Å². The highest BCUT2D eigenvalue weighted by Gasteiger charge is 2.07. The summed E-state index contributed by atoms with van der Waals surface area (Å²) in [4.78, 5) is 15.8. The summed E-state index contributed by atoms with van der Waals surface area (Å²) in [6.45, 7) is 0.294. The van der Waals surface area contributed by atoms with E-state index in [2.05, 4.69) is 32.3 Å². The van der Waals surface area contributed by atoms with Gasteiger partial charge in [-0.3, -0.25) is 9.89 Å². The van der Waals surface area contributed by atoms with Crippen molar-refractivity contribution in [3.8, 4) is 11.8 Å². The van der Waals surface area contributed by atoms with E-state index in [1.54, 1.807) is 18.3 Å². The van der Waals surface area contributed by atoms with Crippen LogP contribution in [0.4, 0.5) is 5.69 Å². The van der Waals surface area contributed by atoms with E-state index in [1.165, 1.54) is 12.4 Å². The molecule has 0 aliphatic rings. The average Bonchev–Trinajstić information content (AvgIpc) is 2.89. The van der Waals surface area contributed by atoms with Gasteiger partial charge in [-0.15, -0.1) is 0 Å². The van der Waals surface area contributed by atoms with E-state index in [0.717, 1.165) is 5.56 Å². The second-order valence-electron chi connectivity index (χ2n) is 3.38. The average molecular weight is 241 g/mol. The second kappa shape index (κ2) is 5.61. The van der Waals surface area contributed by atoms with Crippen molar-refractivity contribution in [2.45, 2.75) is 0 Å². The molecule has 2 aromatic rings. The number of amides is 1. The van der Waals surface area contributed by atoms with Crippen LogP contribution in [0.3, 0.4) is 0 Å². The molecule has 4 N–H and O–H groups in total. The molecule has 2 aromatic heterocycles. The Kier molecular flexibility index (Phi) is 3.69. The molecule has 0 saturated carbocycles. The van der Waals surface area contributed by atoms with Gasteiger partial charge in [-0.05, 0) is 12.1 Å². The summed E-state index contributed by atoms with van der Waals surface area (Å²) < 4.78 is 0. The van der Waals surface area contributed by atoms with Gasteiger partial charge < -0.3 is 11.1 Å². The molecule has 90 valence electrons. The zero-order valence-corrected chi connectivity index (χ0v) is 9.47. The predicted octanol–water partition coefficient (Wildman–Crippen LogP) is 0.367. The molecule has 0 spiro atoms. The molecule has 0 fully saturated rings. The molecule has 6 nitrogen and oxygen atoms in total. The Balaban J connectivity index is 2.07. The van der Waals surface area contributed by atoms with E-state index in [0.29, 0.717) is 17.9 Å². The van der Waals surface area contributed by atoms with Gasteiger partial charge in [-0.1, -0.05) is 11.8 Å². The first-order valence-corrected chi connectivity index (χ1v) is 5.24. The Morgan fingerprint density at radius 2 is 2.33 bits per heavy atom. The van der Waals surface area contributed by atoms with Crippen LogP contribution < -0.4 is 11.1 Å². The van der Waals surface area contributed by atoms with E-state index in [9.17, 15) is 4.79 Å². The molecule has 0 saturated heterocycles. The van der Waals surface area contributed by atoms with Gasteiger partial charge in [0.05, 0.1) is 18.4 Å². The summed E-state index contributed by atoms with van der Waals surface area (Å²) in [5.74, 6) is 5.25. The maximum absolute atomic E-state index is 11.8. The quantitative estimate of drug-likeness (QED) is 0.662. The fraction of sp³-hybridized carbons (Fsp3) is 0.0833. The third-order valence-corrected chi connectivity index (χ3v) is 2.09. The van der Waals surface area contributed by atoms with Crippen LogP contribution in [0.25, 0.3) is 0 Å². The largest absolute Gasteiger partial charge is 0.320 e. The second-order valence-corrected chi connectivity index (χ2v) is 3.38. The summed E-state index contributed by atoms with van der Waals surface area (Å²) in [6.07, 6.45) is 4.63. The lowest BCUT2D eigenvalue weighted by molar-refractivity contribution is 0.102. The van der Waals surface area contributed by atoms with Gasteiger partial charge in [-0.2, -0.15) is 5.10 Å². The summed E-state index contributed by atoms with van der Waals surface area (Å²) in [7, 11) is 0. The third kappa shape index (κ3) is 2.93. The SMILES string of the molecule is NCC#Cc1ccc(C(=O)Nc2cn[nH]c2)nc1. The third-order valence-electron chi connectivity index (χ3n) is 2.09. The van der Waals surface area contributed by atoms with Crippen molar-refractivity contribution in [3.63, 3.8) is 0 Å². The van der Waals surface area contributed by atoms with E-state index < -0.39 is 0 Å². The predicted molar refractivity (Wildman–Crippen MR) is 66.7 cm³/mol. The van der Waals surface area contributed by atoms with Crippen LogP contribution in [0.15, 0.2) is 30.7 Å². The number of carbonyl (C=O) groups is 1. The summed E-state index contributed by atoms with van der Waals surface area (Å²) in [5, 5.41) is 8.98. The van der Waals surface area contributed by atoms with Crippen molar-refractivity contribution >= 4 is 11.6 Å². The molecule has 1 amide bonds. The van der Waals surface area contributed by atoms with Gasteiger partial charge >= 0.3 is 0 Å². The van der Waals surface area contributed by atoms with E-state index in [-0.39, 0.29) is 5.91 Å². The molecule has 18 heavy (non-hydrogen) atoms. The smallest absolute Gasteiger partial charge is 0.274 e.